The van der Waals surface area contributed by atoms with Gasteiger partial charge in [-0.05, 0) is 49.4 Å². The van der Waals surface area contributed by atoms with Gasteiger partial charge in [0.25, 0.3) is 5.91 Å². The average Bonchev–Trinajstić information content (AvgIpc) is 3.43. The van der Waals surface area contributed by atoms with E-state index in [9.17, 15) is 9.90 Å². The van der Waals surface area contributed by atoms with E-state index in [0.717, 1.165) is 37.2 Å². The SMILES string of the molecule is O=C(COc1cccc(Cl)c1)N1CCCn2nc([C@H](O)C3CC3)cc2C1. The number of aliphatic hydroxyl groups is 1. The van der Waals surface area contributed by atoms with Gasteiger partial charge in [0, 0.05) is 18.1 Å². The van der Waals surface area contributed by atoms with Crippen LogP contribution >= 0.6 is 11.6 Å². The molecule has 1 aromatic carbocycles. The second-order valence-corrected chi connectivity index (χ2v) is 7.42. The third kappa shape index (κ3) is 3.86. The van der Waals surface area contributed by atoms with Gasteiger partial charge in [0.1, 0.15) is 11.9 Å². The molecule has 0 spiro atoms. The molecule has 1 fully saturated rings. The number of rotatable bonds is 5. The summed E-state index contributed by atoms with van der Waals surface area (Å²) in [5, 5.41) is 15.4. The molecule has 4 rings (SSSR count). The van der Waals surface area contributed by atoms with Gasteiger partial charge in [-0.1, -0.05) is 17.7 Å². The van der Waals surface area contributed by atoms with Gasteiger partial charge >= 0.3 is 0 Å². The summed E-state index contributed by atoms with van der Waals surface area (Å²) in [5.41, 5.74) is 1.69. The number of ether oxygens (including phenoxy) is 1. The van der Waals surface area contributed by atoms with Crippen molar-refractivity contribution in [2.24, 2.45) is 5.92 Å². The summed E-state index contributed by atoms with van der Waals surface area (Å²) in [4.78, 5) is 14.4. The molecule has 0 bridgehead atoms. The summed E-state index contributed by atoms with van der Waals surface area (Å²) in [5.74, 6) is 0.863. The molecular weight excluding hydrogens is 354 g/mol. The van der Waals surface area contributed by atoms with Crippen LogP contribution in [-0.4, -0.2) is 38.8 Å². The predicted molar refractivity (Wildman–Crippen MR) is 96.9 cm³/mol. The van der Waals surface area contributed by atoms with Crippen molar-refractivity contribution < 1.29 is 14.6 Å². The Kier molecular flexibility index (Phi) is 4.87. The Bertz CT molecular complexity index is 803. The zero-order valence-electron chi connectivity index (χ0n) is 14.5. The van der Waals surface area contributed by atoms with Gasteiger partial charge in [-0.3, -0.25) is 9.48 Å². The summed E-state index contributed by atoms with van der Waals surface area (Å²) >= 11 is 5.94. The van der Waals surface area contributed by atoms with Crippen LogP contribution in [0.5, 0.6) is 5.75 Å². The molecule has 0 unspecified atom stereocenters. The van der Waals surface area contributed by atoms with Crippen molar-refractivity contribution in [1.82, 2.24) is 14.7 Å². The second kappa shape index (κ2) is 7.29. The first-order valence-electron chi connectivity index (χ1n) is 9.01. The summed E-state index contributed by atoms with van der Waals surface area (Å²) < 4.78 is 7.50. The molecule has 0 saturated heterocycles. The molecule has 1 aliphatic heterocycles. The van der Waals surface area contributed by atoms with E-state index < -0.39 is 6.10 Å². The number of benzene rings is 1. The van der Waals surface area contributed by atoms with Gasteiger partial charge in [0.15, 0.2) is 6.61 Å². The minimum atomic E-state index is -0.482. The van der Waals surface area contributed by atoms with E-state index in [-0.39, 0.29) is 12.5 Å². The number of aromatic nitrogens is 2. The molecule has 1 amide bonds. The minimum Gasteiger partial charge on any atom is -0.484 e. The Hall–Kier alpha value is -2.05. The minimum absolute atomic E-state index is 0.0218. The van der Waals surface area contributed by atoms with E-state index in [4.69, 9.17) is 16.3 Å². The van der Waals surface area contributed by atoms with E-state index in [2.05, 4.69) is 5.10 Å². The van der Waals surface area contributed by atoms with Gasteiger partial charge in [-0.15, -0.1) is 0 Å². The van der Waals surface area contributed by atoms with Gasteiger partial charge in [-0.2, -0.15) is 5.10 Å². The Morgan fingerprint density at radius 1 is 1.35 bits per heavy atom. The Labute approximate surface area is 157 Å². The molecule has 1 aliphatic carbocycles. The molecule has 1 N–H and O–H groups in total. The van der Waals surface area contributed by atoms with Crippen LogP contribution in [0.3, 0.4) is 0 Å². The molecule has 138 valence electrons. The van der Waals surface area contributed by atoms with Crippen LogP contribution in [-0.2, 0) is 17.9 Å². The van der Waals surface area contributed by atoms with E-state index in [1.54, 1.807) is 29.2 Å². The second-order valence-electron chi connectivity index (χ2n) is 6.98. The zero-order valence-corrected chi connectivity index (χ0v) is 15.2. The molecule has 1 atom stereocenters. The maximum Gasteiger partial charge on any atom is 0.260 e. The summed E-state index contributed by atoms with van der Waals surface area (Å²) in [6.45, 7) is 1.89. The van der Waals surface area contributed by atoms with Crippen molar-refractivity contribution in [2.45, 2.75) is 38.5 Å². The van der Waals surface area contributed by atoms with Crippen LogP contribution in [0, 0.1) is 5.92 Å². The molecular formula is C19H22ClN3O3. The quantitative estimate of drug-likeness (QED) is 0.872. The molecule has 1 saturated carbocycles. The van der Waals surface area contributed by atoms with Crippen LogP contribution in [0.15, 0.2) is 30.3 Å². The normalized spacial score (nSPS) is 18.2. The van der Waals surface area contributed by atoms with Crippen molar-refractivity contribution in [3.05, 3.63) is 46.7 Å². The fourth-order valence-electron chi connectivity index (χ4n) is 3.29. The zero-order chi connectivity index (χ0) is 18.1. The number of carbonyl (C=O) groups is 1. The smallest absolute Gasteiger partial charge is 0.260 e. The first-order chi connectivity index (χ1) is 12.6. The highest BCUT2D eigenvalue weighted by Gasteiger charge is 2.33. The lowest BCUT2D eigenvalue weighted by molar-refractivity contribution is -0.134. The first-order valence-corrected chi connectivity index (χ1v) is 9.39. The number of fused-ring (bicyclic) bond motifs is 1. The molecule has 6 nitrogen and oxygen atoms in total. The van der Waals surface area contributed by atoms with Crippen LogP contribution in [0.1, 0.15) is 36.8 Å². The number of aryl methyl sites for hydroxylation is 1. The maximum absolute atomic E-state index is 12.6. The van der Waals surface area contributed by atoms with Gasteiger partial charge in [0.2, 0.25) is 0 Å². The average molecular weight is 376 g/mol. The number of hydrogen-bond donors (Lipinski definition) is 1. The number of hydrogen-bond acceptors (Lipinski definition) is 4. The van der Waals surface area contributed by atoms with Crippen LogP contribution in [0.25, 0.3) is 0 Å². The van der Waals surface area contributed by atoms with Crippen molar-refractivity contribution in [3.63, 3.8) is 0 Å². The van der Waals surface area contributed by atoms with E-state index in [1.807, 2.05) is 10.7 Å². The van der Waals surface area contributed by atoms with Crippen LogP contribution < -0.4 is 4.74 Å². The number of halogens is 1. The van der Waals surface area contributed by atoms with Gasteiger partial charge < -0.3 is 14.7 Å². The lowest BCUT2D eigenvalue weighted by Crippen LogP contribution is -2.34. The molecule has 26 heavy (non-hydrogen) atoms. The Morgan fingerprint density at radius 2 is 2.19 bits per heavy atom. The first kappa shape index (κ1) is 17.4. The van der Waals surface area contributed by atoms with Crippen molar-refractivity contribution in [1.29, 1.82) is 0 Å². The van der Waals surface area contributed by atoms with E-state index in [0.29, 0.717) is 29.8 Å². The fourth-order valence-corrected chi connectivity index (χ4v) is 3.47. The molecule has 2 aromatic rings. The largest absolute Gasteiger partial charge is 0.484 e. The topological polar surface area (TPSA) is 67.6 Å². The highest BCUT2D eigenvalue weighted by atomic mass is 35.5. The third-order valence-electron chi connectivity index (χ3n) is 4.92. The van der Waals surface area contributed by atoms with E-state index >= 15 is 0 Å². The third-order valence-corrected chi connectivity index (χ3v) is 5.15. The number of carbonyl (C=O) groups excluding carboxylic acids is 1. The van der Waals surface area contributed by atoms with Crippen molar-refractivity contribution >= 4 is 17.5 Å². The van der Waals surface area contributed by atoms with Gasteiger partial charge in [0.05, 0.1) is 17.9 Å². The standard InChI is InChI=1S/C19H22ClN3O3/c20-14-3-1-4-16(9-14)26-12-18(24)22-7-2-8-23-15(11-22)10-17(21-23)19(25)13-5-6-13/h1,3-4,9-10,13,19,25H,2,5-8,11-12H2/t19-/m1/s1. The van der Waals surface area contributed by atoms with Crippen molar-refractivity contribution in [3.8, 4) is 5.75 Å². The molecule has 2 heterocycles. The van der Waals surface area contributed by atoms with Gasteiger partial charge in [-0.25, -0.2) is 0 Å². The number of aliphatic hydroxyl groups excluding tert-OH is 1. The Morgan fingerprint density at radius 3 is 2.96 bits per heavy atom. The highest BCUT2D eigenvalue weighted by molar-refractivity contribution is 6.30. The fraction of sp³-hybridized carbons (Fsp3) is 0.474. The molecule has 7 heteroatoms. The summed E-state index contributed by atoms with van der Waals surface area (Å²) in [6, 6.07) is 8.96. The number of nitrogens with zero attached hydrogens (tertiary/aromatic N) is 3. The highest BCUT2D eigenvalue weighted by Crippen LogP contribution is 2.40. The van der Waals surface area contributed by atoms with Crippen LogP contribution in [0.4, 0.5) is 0 Å². The summed E-state index contributed by atoms with van der Waals surface area (Å²) in [7, 11) is 0. The Balaban J connectivity index is 1.40. The molecule has 1 aromatic heterocycles. The van der Waals surface area contributed by atoms with Crippen LogP contribution in [0.2, 0.25) is 5.02 Å². The number of amides is 1. The lowest BCUT2D eigenvalue weighted by atomic mass is 10.1. The van der Waals surface area contributed by atoms with E-state index in [1.165, 1.54) is 0 Å². The predicted octanol–water partition coefficient (Wildman–Crippen LogP) is 2.79. The monoisotopic (exact) mass is 375 g/mol. The molecule has 0 radical (unpaired) electrons. The molecule has 2 aliphatic rings. The summed E-state index contributed by atoms with van der Waals surface area (Å²) in [6.07, 6.45) is 2.48. The lowest BCUT2D eigenvalue weighted by Gasteiger charge is -2.20. The maximum atomic E-state index is 12.6. The van der Waals surface area contributed by atoms with Crippen molar-refractivity contribution in [2.75, 3.05) is 13.2 Å².